The van der Waals surface area contributed by atoms with E-state index in [2.05, 4.69) is 34.3 Å². The normalized spacial score (nSPS) is 24.8. The lowest BCUT2D eigenvalue weighted by molar-refractivity contribution is -0.124. The Hall–Kier alpha value is -6.52. The van der Waals surface area contributed by atoms with Gasteiger partial charge in [-0.25, -0.2) is 9.80 Å². The minimum absolute atomic E-state index is 0.285. The SMILES string of the molecule is O=C(C#Cc1ccccc1)N[C@H]1C=CC[C@H]2C(=O)N(c3ccc(N4C(=O)[C@H]5[C@H](CC=C[C@H]5NC(=O)C#Cc5ccccc5)C4=O)cc3)C(=O)[C@@H]12. The molecule has 0 unspecified atom stereocenters. The standard InChI is InChI=1S/C40H30N4O6/c45-33(23-17-25-9-3-1-4-10-25)41-31-15-7-13-29-35(31)39(49)43(37(29)47)27-19-21-28(22-20-27)44-38(48)30-14-8-16-32(36(30)40(44)50)42-34(46)24-18-26-11-5-2-6-12-26/h1-12,15-16,19-22,29-32,35-36H,13-14H2,(H,41,45)(H,42,46)/t29-,30+,31+,32-,35-,36+. The van der Waals surface area contributed by atoms with E-state index in [0.717, 1.165) is 9.80 Å². The maximum atomic E-state index is 13.7. The van der Waals surface area contributed by atoms with E-state index in [-0.39, 0.29) is 11.4 Å². The van der Waals surface area contributed by atoms with Gasteiger partial charge in [-0.2, -0.15) is 0 Å². The fourth-order valence-electron chi connectivity index (χ4n) is 7.00. The van der Waals surface area contributed by atoms with Gasteiger partial charge in [-0.15, -0.1) is 0 Å². The number of benzene rings is 3. The highest BCUT2D eigenvalue weighted by Gasteiger charge is 2.53. The van der Waals surface area contributed by atoms with Crippen LogP contribution in [0.5, 0.6) is 0 Å². The van der Waals surface area contributed by atoms with Crippen LogP contribution in [0.15, 0.2) is 109 Å². The van der Waals surface area contributed by atoms with E-state index in [1.807, 2.05) is 36.4 Å². The van der Waals surface area contributed by atoms with Gasteiger partial charge >= 0.3 is 0 Å². The summed E-state index contributed by atoms with van der Waals surface area (Å²) in [5.41, 5.74) is 1.91. The van der Waals surface area contributed by atoms with E-state index in [1.165, 1.54) is 24.3 Å². The zero-order valence-electron chi connectivity index (χ0n) is 26.6. The van der Waals surface area contributed by atoms with Crippen LogP contribution in [0.25, 0.3) is 0 Å². The Balaban J connectivity index is 1.04. The fraction of sp³-hybridized carbons (Fsp3) is 0.200. The predicted octanol–water partition coefficient (Wildman–Crippen LogP) is 2.89. The van der Waals surface area contributed by atoms with Crippen LogP contribution in [0.1, 0.15) is 24.0 Å². The van der Waals surface area contributed by atoms with Crippen LogP contribution in [0.4, 0.5) is 11.4 Å². The summed E-state index contributed by atoms with van der Waals surface area (Å²) in [5, 5.41) is 5.55. The highest BCUT2D eigenvalue weighted by molar-refractivity contribution is 6.24. The van der Waals surface area contributed by atoms with Crippen molar-refractivity contribution >= 4 is 46.8 Å². The van der Waals surface area contributed by atoms with E-state index in [9.17, 15) is 28.8 Å². The number of imide groups is 2. The summed E-state index contributed by atoms with van der Waals surface area (Å²) in [4.78, 5) is 82.0. The van der Waals surface area contributed by atoms with Crippen molar-refractivity contribution in [1.29, 1.82) is 0 Å². The van der Waals surface area contributed by atoms with Gasteiger partial charge in [-0.1, -0.05) is 72.5 Å². The van der Waals surface area contributed by atoms with E-state index in [4.69, 9.17) is 0 Å². The molecule has 2 N–H and O–H groups in total. The Kier molecular flexibility index (Phi) is 8.68. The van der Waals surface area contributed by atoms with Crippen molar-refractivity contribution in [3.8, 4) is 23.7 Å². The molecule has 3 aromatic carbocycles. The summed E-state index contributed by atoms with van der Waals surface area (Å²) >= 11 is 0. The van der Waals surface area contributed by atoms with Gasteiger partial charge in [0, 0.05) is 23.0 Å². The Labute approximate surface area is 288 Å². The van der Waals surface area contributed by atoms with Gasteiger partial charge in [0.05, 0.1) is 47.1 Å². The number of carbonyl (C=O) groups is 6. The minimum atomic E-state index is -0.809. The zero-order valence-corrected chi connectivity index (χ0v) is 26.6. The molecule has 0 aromatic heterocycles. The largest absolute Gasteiger partial charge is 0.338 e. The topological polar surface area (TPSA) is 133 Å². The molecular formula is C40H30N4O6. The number of nitrogens with one attached hydrogen (secondary N) is 2. The number of allylic oxidation sites excluding steroid dienone is 2. The molecule has 10 nitrogen and oxygen atoms in total. The molecule has 6 amide bonds. The van der Waals surface area contributed by atoms with Crippen LogP contribution < -0.4 is 20.4 Å². The number of hydrogen-bond donors (Lipinski definition) is 2. The Morgan fingerprint density at radius 3 is 1.30 bits per heavy atom. The molecule has 0 spiro atoms. The molecule has 50 heavy (non-hydrogen) atoms. The van der Waals surface area contributed by atoms with E-state index in [1.54, 1.807) is 48.6 Å². The molecule has 2 fully saturated rings. The van der Waals surface area contributed by atoms with Crippen LogP contribution in [-0.4, -0.2) is 47.5 Å². The maximum absolute atomic E-state index is 13.7. The third-order valence-corrected chi connectivity index (χ3v) is 9.34. The molecule has 0 saturated carbocycles. The molecule has 0 radical (unpaired) electrons. The van der Waals surface area contributed by atoms with Crippen LogP contribution in [-0.2, 0) is 28.8 Å². The molecule has 3 aromatic rings. The maximum Gasteiger partial charge on any atom is 0.296 e. The van der Waals surface area contributed by atoms with Gasteiger partial charge in [0.25, 0.3) is 11.8 Å². The molecule has 2 saturated heterocycles. The second kappa shape index (κ2) is 13.5. The summed E-state index contributed by atoms with van der Waals surface area (Å²) in [6.07, 6.45) is 7.67. The van der Waals surface area contributed by atoms with Crippen molar-refractivity contribution in [3.05, 3.63) is 120 Å². The highest BCUT2D eigenvalue weighted by Crippen LogP contribution is 2.41. The average Bonchev–Trinajstić information content (AvgIpc) is 3.55. The average molecular weight is 663 g/mol. The summed E-state index contributed by atoms with van der Waals surface area (Å²) in [6.45, 7) is 0. The minimum Gasteiger partial charge on any atom is -0.338 e. The van der Waals surface area contributed by atoms with Crippen molar-refractivity contribution in [1.82, 2.24) is 10.6 Å². The van der Waals surface area contributed by atoms with Gasteiger partial charge in [0.1, 0.15) is 0 Å². The lowest BCUT2D eigenvalue weighted by atomic mass is 9.81. The van der Waals surface area contributed by atoms with Crippen molar-refractivity contribution in [2.45, 2.75) is 24.9 Å². The second-order valence-electron chi connectivity index (χ2n) is 12.4. The molecule has 7 rings (SSSR count). The van der Waals surface area contributed by atoms with Crippen molar-refractivity contribution in [3.63, 3.8) is 0 Å². The molecular weight excluding hydrogens is 632 g/mol. The van der Waals surface area contributed by atoms with Crippen LogP contribution in [0.3, 0.4) is 0 Å². The van der Waals surface area contributed by atoms with Crippen LogP contribution in [0, 0.1) is 47.4 Å². The number of nitrogens with zero attached hydrogens (tertiary/aromatic N) is 2. The second-order valence-corrected chi connectivity index (χ2v) is 12.4. The Bertz CT molecular complexity index is 1930. The van der Waals surface area contributed by atoms with Gasteiger partial charge < -0.3 is 10.6 Å². The molecule has 10 heteroatoms. The van der Waals surface area contributed by atoms with Crippen LogP contribution in [0.2, 0.25) is 0 Å². The first-order chi connectivity index (χ1) is 24.3. The highest BCUT2D eigenvalue weighted by atomic mass is 16.2. The molecule has 2 aliphatic carbocycles. The summed E-state index contributed by atoms with van der Waals surface area (Å²) in [6, 6.07) is 22.7. The lowest BCUT2D eigenvalue weighted by Crippen LogP contribution is -2.45. The fourth-order valence-corrected chi connectivity index (χ4v) is 7.00. The van der Waals surface area contributed by atoms with Gasteiger partial charge in [-0.05, 0) is 61.4 Å². The summed E-state index contributed by atoms with van der Waals surface area (Å²) in [5.74, 6) is 4.88. The lowest BCUT2D eigenvalue weighted by Gasteiger charge is -2.26. The van der Waals surface area contributed by atoms with Gasteiger partial charge in [0.15, 0.2) is 0 Å². The molecule has 6 atom stereocenters. The van der Waals surface area contributed by atoms with Gasteiger partial charge in [0.2, 0.25) is 23.6 Å². The molecule has 2 aliphatic heterocycles. The van der Waals surface area contributed by atoms with E-state index in [0.29, 0.717) is 24.0 Å². The number of fused-ring (bicyclic) bond motifs is 2. The smallest absolute Gasteiger partial charge is 0.296 e. The van der Waals surface area contributed by atoms with E-state index < -0.39 is 71.2 Å². The van der Waals surface area contributed by atoms with E-state index >= 15 is 0 Å². The Morgan fingerprint density at radius 1 is 0.540 bits per heavy atom. The number of rotatable bonds is 4. The van der Waals surface area contributed by atoms with Crippen molar-refractivity contribution < 1.29 is 28.8 Å². The first kappa shape index (κ1) is 32.0. The quantitative estimate of drug-likeness (QED) is 0.251. The molecule has 4 aliphatic rings. The van der Waals surface area contributed by atoms with Gasteiger partial charge in [-0.3, -0.25) is 28.8 Å². The van der Waals surface area contributed by atoms with Crippen molar-refractivity contribution in [2.24, 2.45) is 23.7 Å². The third-order valence-electron chi connectivity index (χ3n) is 9.34. The molecule has 0 bridgehead atoms. The Morgan fingerprint density at radius 2 is 0.920 bits per heavy atom. The molecule has 246 valence electrons. The van der Waals surface area contributed by atoms with Crippen LogP contribution >= 0.6 is 0 Å². The third kappa shape index (κ3) is 6.11. The number of amides is 6. The number of hydrogen-bond acceptors (Lipinski definition) is 6. The number of carbonyl (C=O) groups excluding carboxylic acids is 6. The number of anilines is 2. The zero-order chi connectivity index (χ0) is 34.8. The van der Waals surface area contributed by atoms with Crippen molar-refractivity contribution in [2.75, 3.05) is 9.80 Å². The first-order valence-corrected chi connectivity index (χ1v) is 16.2. The first-order valence-electron chi connectivity index (χ1n) is 16.2. The monoisotopic (exact) mass is 662 g/mol. The summed E-state index contributed by atoms with van der Waals surface area (Å²) < 4.78 is 0. The predicted molar refractivity (Wildman–Crippen MR) is 183 cm³/mol. The summed E-state index contributed by atoms with van der Waals surface area (Å²) in [7, 11) is 0. The molecule has 2 heterocycles.